The molecule has 90 valence electrons. The van der Waals surface area contributed by atoms with Gasteiger partial charge in [0.1, 0.15) is 6.04 Å². The summed E-state index contributed by atoms with van der Waals surface area (Å²) in [6.07, 6.45) is 4.88. The van der Waals surface area contributed by atoms with Gasteiger partial charge in [0.2, 0.25) is 0 Å². The largest absolute Gasteiger partial charge is 0.480 e. The number of hydrogen-bond donors (Lipinski definition) is 4. The predicted molar refractivity (Wildman–Crippen MR) is 54.4 cm³/mol. The first-order valence-electron chi connectivity index (χ1n) is 4.56. The molecule has 0 bridgehead atoms. The molecular weight excluding hydrogens is 228 g/mol. The number of carbonyl (C=O) groups excluding carboxylic acids is 1. The molecule has 1 heterocycles. The molecule has 1 atom stereocenters. The molecule has 1 aromatic rings. The van der Waals surface area contributed by atoms with E-state index in [0.29, 0.717) is 0 Å². The summed E-state index contributed by atoms with van der Waals surface area (Å²) in [7, 11) is 0. The third-order valence-electron chi connectivity index (χ3n) is 1.72. The summed E-state index contributed by atoms with van der Waals surface area (Å²) in [5.41, 5.74) is 0. The van der Waals surface area contributed by atoms with Crippen molar-refractivity contribution in [1.29, 1.82) is 0 Å². The zero-order chi connectivity index (χ0) is 12.7. The standard InChI is InChI=1S/C8H10N6O3/c1-2-3-5(7(15)16)10-8(17)9-4-6-11-13-14-12-6/h1,5H,3-4H2,(H,15,16)(H2,9,10,17)(H,11,12,13,14). The van der Waals surface area contributed by atoms with Crippen molar-refractivity contribution in [3.05, 3.63) is 5.82 Å². The highest BCUT2D eigenvalue weighted by atomic mass is 16.4. The third-order valence-corrected chi connectivity index (χ3v) is 1.72. The van der Waals surface area contributed by atoms with Crippen LogP contribution in [0.2, 0.25) is 0 Å². The number of hydrogen-bond acceptors (Lipinski definition) is 5. The maximum Gasteiger partial charge on any atom is 0.327 e. The number of carboxylic acids is 1. The molecular formula is C8H10N6O3. The lowest BCUT2D eigenvalue weighted by atomic mass is 10.2. The van der Waals surface area contributed by atoms with E-state index in [1.165, 1.54) is 0 Å². The van der Waals surface area contributed by atoms with Crippen molar-refractivity contribution in [2.75, 3.05) is 0 Å². The molecule has 1 unspecified atom stereocenters. The van der Waals surface area contributed by atoms with Gasteiger partial charge < -0.3 is 15.7 Å². The molecule has 1 rings (SSSR count). The fourth-order valence-corrected chi connectivity index (χ4v) is 0.944. The van der Waals surface area contributed by atoms with E-state index in [0.717, 1.165) is 0 Å². The van der Waals surface area contributed by atoms with Crippen LogP contribution in [0.15, 0.2) is 0 Å². The number of amides is 2. The van der Waals surface area contributed by atoms with Gasteiger partial charge in [-0.05, 0) is 0 Å². The van der Waals surface area contributed by atoms with Crippen LogP contribution in [0.4, 0.5) is 4.79 Å². The number of carbonyl (C=O) groups is 2. The summed E-state index contributed by atoms with van der Waals surface area (Å²) < 4.78 is 0. The summed E-state index contributed by atoms with van der Waals surface area (Å²) in [5.74, 6) is 1.25. The SMILES string of the molecule is C#CCC(NC(=O)NCc1nn[nH]n1)C(=O)O. The summed E-state index contributed by atoms with van der Waals surface area (Å²) in [6.45, 7) is 0.0325. The molecule has 0 aromatic carbocycles. The van der Waals surface area contributed by atoms with Gasteiger partial charge in [-0.2, -0.15) is 5.21 Å². The lowest BCUT2D eigenvalue weighted by Gasteiger charge is -2.11. The molecule has 1 aromatic heterocycles. The quantitative estimate of drug-likeness (QED) is 0.460. The second kappa shape index (κ2) is 6.06. The number of aromatic nitrogens is 4. The Morgan fingerprint density at radius 1 is 1.59 bits per heavy atom. The van der Waals surface area contributed by atoms with Crippen LogP contribution in [0.5, 0.6) is 0 Å². The first kappa shape index (κ1) is 12.4. The van der Waals surface area contributed by atoms with E-state index >= 15 is 0 Å². The molecule has 0 saturated heterocycles. The highest BCUT2D eigenvalue weighted by molar-refractivity contribution is 5.82. The minimum atomic E-state index is -1.20. The summed E-state index contributed by atoms with van der Waals surface area (Å²) in [6, 6.07) is -1.79. The van der Waals surface area contributed by atoms with Crippen molar-refractivity contribution in [2.24, 2.45) is 0 Å². The Morgan fingerprint density at radius 3 is 2.88 bits per heavy atom. The van der Waals surface area contributed by atoms with E-state index in [1.54, 1.807) is 0 Å². The molecule has 0 aliphatic carbocycles. The first-order valence-corrected chi connectivity index (χ1v) is 4.56. The van der Waals surface area contributed by atoms with Crippen molar-refractivity contribution in [3.8, 4) is 12.3 Å². The van der Waals surface area contributed by atoms with Crippen molar-refractivity contribution in [1.82, 2.24) is 31.3 Å². The Labute approximate surface area is 96.0 Å². The van der Waals surface area contributed by atoms with E-state index in [1.807, 2.05) is 0 Å². The van der Waals surface area contributed by atoms with Gasteiger partial charge in [-0.3, -0.25) is 0 Å². The van der Waals surface area contributed by atoms with Gasteiger partial charge in [-0.25, -0.2) is 9.59 Å². The molecule has 0 spiro atoms. The van der Waals surface area contributed by atoms with Crippen LogP contribution in [-0.4, -0.2) is 43.8 Å². The molecule has 0 saturated carbocycles. The van der Waals surface area contributed by atoms with Crippen LogP contribution in [0.3, 0.4) is 0 Å². The van der Waals surface area contributed by atoms with Crippen molar-refractivity contribution in [2.45, 2.75) is 19.0 Å². The summed E-state index contributed by atoms with van der Waals surface area (Å²) in [4.78, 5) is 22.0. The van der Waals surface area contributed by atoms with Crippen LogP contribution in [-0.2, 0) is 11.3 Å². The number of aliphatic carboxylic acids is 1. The molecule has 0 fully saturated rings. The zero-order valence-electron chi connectivity index (χ0n) is 8.67. The average Bonchev–Trinajstić information content (AvgIpc) is 2.78. The fraction of sp³-hybridized carbons (Fsp3) is 0.375. The normalized spacial score (nSPS) is 11.2. The molecule has 9 heteroatoms. The van der Waals surface area contributed by atoms with Crippen molar-refractivity contribution < 1.29 is 14.7 Å². The average molecular weight is 238 g/mol. The Balaban J connectivity index is 2.37. The molecule has 0 radical (unpaired) electrons. The Morgan fingerprint density at radius 2 is 2.35 bits per heavy atom. The second-order valence-electron chi connectivity index (χ2n) is 2.95. The number of H-pyrrole nitrogens is 1. The Bertz CT molecular complexity index is 423. The highest BCUT2D eigenvalue weighted by Crippen LogP contribution is 1.91. The van der Waals surface area contributed by atoms with Crippen LogP contribution in [0.1, 0.15) is 12.2 Å². The van der Waals surface area contributed by atoms with Gasteiger partial charge in [0.25, 0.3) is 0 Å². The lowest BCUT2D eigenvalue weighted by Crippen LogP contribution is -2.45. The van der Waals surface area contributed by atoms with Crippen LogP contribution in [0, 0.1) is 12.3 Å². The topological polar surface area (TPSA) is 133 Å². The van der Waals surface area contributed by atoms with Gasteiger partial charge in [-0.1, -0.05) is 5.21 Å². The molecule has 17 heavy (non-hydrogen) atoms. The lowest BCUT2D eigenvalue weighted by molar-refractivity contribution is -0.139. The van der Waals surface area contributed by atoms with Crippen molar-refractivity contribution >= 4 is 12.0 Å². The number of aromatic amines is 1. The third kappa shape index (κ3) is 4.17. The van der Waals surface area contributed by atoms with Gasteiger partial charge in [0.15, 0.2) is 5.82 Å². The number of nitrogens with one attached hydrogen (secondary N) is 3. The Hall–Kier alpha value is -2.63. The molecule has 4 N–H and O–H groups in total. The summed E-state index contributed by atoms with van der Waals surface area (Å²) in [5, 5.41) is 26.0. The van der Waals surface area contributed by atoms with E-state index < -0.39 is 18.0 Å². The number of nitrogens with zero attached hydrogens (tertiary/aromatic N) is 3. The predicted octanol–water partition coefficient (Wildman–Crippen LogP) is -1.52. The van der Waals surface area contributed by atoms with E-state index in [-0.39, 0.29) is 18.8 Å². The van der Waals surface area contributed by atoms with Gasteiger partial charge in [0, 0.05) is 6.42 Å². The molecule has 2 amide bonds. The van der Waals surface area contributed by atoms with Crippen LogP contribution in [0.25, 0.3) is 0 Å². The molecule has 0 aliphatic rings. The van der Waals surface area contributed by atoms with E-state index in [2.05, 4.69) is 37.2 Å². The number of tetrazole rings is 1. The number of carboxylic acid groups (broad SMARTS) is 1. The summed E-state index contributed by atoms with van der Waals surface area (Å²) >= 11 is 0. The van der Waals surface area contributed by atoms with E-state index in [4.69, 9.17) is 11.5 Å². The van der Waals surface area contributed by atoms with E-state index in [9.17, 15) is 9.59 Å². The van der Waals surface area contributed by atoms with Crippen LogP contribution < -0.4 is 10.6 Å². The maximum atomic E-state index is 11.3. The van der Waals surface area contributed by atoms with Gasteiger partial charge in [0.05, 0.1) is 6.54 Å². The van der Waals surface area contributed by atoms with Crippen molar-refractivity contribution in [3.63, 3.8) is 0 Å². The number of terminal acetylenes is 1. The Kier molecular flexibility index (Phi) is 4.44. The maximum absolute atomic E-state index is 11.3. The molecule has 0 aliphatic heterocycles. The van der Waals surface area contributed by atoms with Gasteiger partial charge >= 0.3 is 12.0 Å². The van der Waals surface area contributed by atoms with Crippen LogP contribution >= 0.6 is 0 Å². The van der Waals surface area contributed by atoms with Gasteiger partial charge in [-0.15, -0.1) is 22.5 Å². The fourth-order valence-electron chi connectivity index (χ4n) is 0.944. The smallest absolute Gasteiger partial charge is 0.327 e. The number of rotatable bonds is 5. The number of urea groups is 1. The second-order valence-corrected chi connectivity index (χ2v) is 2.95. The highest BCUT2D eigenvalue weighted by Gasteiger charge is 2.18. The zero-order valence-corrected chi connectivity index (χ0v) is 8.67. The minimum absolute atomic E-state index is 0.0325. The molecule has 9 nitrogen and oxygen atoms in total. The monoisotopic (exact) mass is 238 g/mol. The first-order chi connectivity index (χ1) is 8.13. The minimum Gasteiger partial charge on any atom is -0.480 e.